The largest absolute Gasteiger partial charge is 0.489 e. The molecule has 0 bridgehead atoms. The van der Waals surface area contributed by atoms with Gasteiger partial charge >= 0.3 is 0 Å². The van der Waals surface area contributed by atoms with E-state index in [-0.39, 0.29) is 0 Å². The van der Waals surface area contributed by atoms with Crippen LogP contribution in [0.4, 0.5) is 0 Å². The fourth-order valence-electron chi connectivity index (χ4n) is 1.42. The Bertz CT molecular complexity index is 574. The maximum Gasteiger partial charge on any atom is 0.122 e. The highest BCUT2D eigenvalue weighted by molar-refractivity contribution is 9.10. The van der Waals surface area contributed by atoms with Crippen LogP contribution in [0.3, 0.4) is 0 Å². The number of benzene rings is 1. The van der Waals surface area contributed by atoms with E-state index in [1.165, 1.54) is 0 Å². The van der Waals surface area contributed by atoms with Gasteiger partial charge < -0.3 is 10.5 Å². The Morgan fingerprint density at radius 2 is 2.17 bits per heavy atom. The summed E-state index contributed by atoms with van der Waals surface area (Å²) in [4.78, 5) is 4.37. The highest BCUT2D eigenvalue weighted by Gasteiger charge is 2.01. The van der Waals surface area contributed by atoms with Gasteiger partial charge in [-0.2, -0.15) is 0 Å². The van der Waals surface area contributed by atoms with Crippen LogP contribution in [0.25, 0.3) is 0 Å². The number of rotatable bonds is 4. The van der Waals surface area contributed by atoms with Crippen molar-refractivity contribution in [3.05, 3.63) is 58.3 Å². The molecule has 0 radical (unpaired) electrons. The topological polar surface area (TPSA) is 48.1 Å². The highest BCUT2D eigenvalue weighted by Crippen LogP contribution is 2.18. The summed E-state index contributed by atoms with van der Waals surface area (Å²) in [6.45, 7) is 0.453. The van der Waals surface area contributed by atoms with Crippen molar-refractivity contribution in [3.63, 3.8) is 0 Å². The number of hydrogen-bond acceptors (Lipinski definition) is 3. The third-order valence-electron chi connectivity index (χ3n) is 2.28. The second-order valence-corrected chi connectivity index (χ2v) is 5.02. The van der Waals surface area contributed by atoms with Gasteiger partial charge in [-0.25, -0.2) is 0 Å². The molecule has 92 valence electrons. The summed E-state index contributed by atoms with van der Waals surface area (Å²) in [6, 6.07) is 11.4. The van der Waals surface area contributed by atoms with Crippen molar-refractivity contribution < 1.29 is 4.74 Å². The molecule has 1 aromatic carbocycles. The van der Waals surface area contributed by atoms with E-state index < -0.39 is 0 Å². The Kier molecular flexibility index (Phi) is 4.28. The fourth-order valence-corrected chi connectivity index (χ4v) is 1.91. The van der Waals surface area contributed by atoms with Crippen molar-refractivity contribution in [1.29, 1.82) is 0 Å². The number of nitrogens with two attached hydrogens (primary N) is 1. The van der Waals surface area contributed by atoms with E-state index in [1.807, 2.05) is 36.4 Å². The molecular formula is C13H11BrN2OS. The summed E-state index contributed by atoms with van der Waals surface area (Å²) in [5.74, 6) is 0.804. The van der Waals surface area contributed by atoms with Crippen LogP contribution in [-0.4, -0.2) is 9.97 Å². The standard InChI is InChI=1S/C13H11BrN2OS/c14-10-2-1-3-11(7-10)17-8-9-4-5-16-12(6-9)13(15)18/h1-7H,8H2,(H2,15,18). The maximum absolute atomic E-state index is 5.67. The van der Waals surface area contributed by atoms with Crippen LogP contribution in [0.2, 0.25) is 0 Å². The van der Waals surface area contributed by atoms with E-state index in [0.29, 0.717) is 17.3 Å². The zero-order valence-electron chi connectivity index (χ0n) is 9.47. The number of halogens is 1. The molecule has 1 aromatic heterocycles. The molecule has 5 heteroatoms. The normalized spacial score (nSPS) is 10.1. The van der Waals surface area contributed by atoms with E-state index in [4.69, 9.17) is 22.7 Å². The molecule has 2 aromatic rings. The van der Waals surface area contributed by atoms with Crippen LogP contribution in [0.15, 0.2) is 47.1 Å². The number of hydrogen-bond donors (Lipinski definition) is 1. The maximum atomic E-state index is 5.67. The lowest BCUT2D eigenvalue weighted by Gasteiger charge is -2.07. The first kappa shape index (κ1) is 13.0. The summed E-state index contributed by atoms with van der Waals surface area (Å²) in [5.41, 5.74) is 7.12. The van der Waals surface area contributed by atoms with Gasteiger partial charge in [0.05, 0.1) is 5.69 Å². The average Bonchev–Trinajstić information content (AvgIpc) is 2.37. The third kappa shape index (κ3) is 3.51. The fraction of sp³-hybridized carbons (Fsp3) is 0.0769. The highest BCUT2D eigenvalue weighted by atomic mass is 79.9. The first-order valence-corrected chi connectivity index (χ1v) is 6.48. The minimum Gasteiger partial charge on any atom is -0.489 e. The molecule has 3 nitrogen and oxygen atoms in total. The molecule has 0 amide bonds. The van der Waals surface area contributed by atoms with E-state index in [1.54, 1.807) is 6.20 Å². The van der Waals surface area contributed by atoms with Gasteiger partial charge in [0.25, 0.3) is 0 Å². The molecular weight excluding hydrogens is 312 g/mol. The predicted molar refractivity (Wildman–Crippen MR) is 78.6 cm³/mol. The number of thiocarbonyl (C=S) groups is 1. The summed E-state index contributed by atoms with van der Waals surface area (Å²) < 4.78 is 6.65. The molecule has 0 fully saturated rings. The minimum atomic E-state index is 0.291. The van der Waals surface area contributed by atoms with Crippen LogP contribution in [-0.2, 0) is 6.61 Å². The van der Waals surface area contributed by atoms with Crippen LogP contribution >= 0.6 is 28.1 Å². The molecule has 1 heterocycles. The van der Waals surface area contributed by atoms with Crippen molar-refractivity contribution in [2.75, 3.05) is 0 Å². The minimum absolute atomic E-state index is 0.291. The third-order valence-corrected chi connectivity index (χ3v) is 2.98. The van der Waals surface area contributed by atoms with Gasteiger partial charge in [-0.05, 0) is 35.9 Å². The lowest BCUT2D eigenvalue weighted by Crippen LogP contribution is -2.12. The van der Waals surface area contributed by atoms with E-state index in [9.17, 15) is 0 Å². The van der Waals surface area contributed by atoms with Gasteiger partial charge in [-0.15, -0.1) is 0 Å². The Labute approximate surface area is 119 Å². The van der Waals surface area contributed by atoms with Crippen molar-refractivity contribution in [1.82, 2.24) is 4.98 Å². The SMILES string of the molecule is NC(=S)c1cc(COc2cccc(Br)c2)ccn1. The van der Waals surface area contributed by atoms with Crippen LogP contribution in [0, 0.1) is 0 Å². The molecule has 0 aliphatic heterocycles. The number of ether oxygens (including phenoxy) is 1. The van der Waals surface area contributed by atoms with Gasteiger partial charge in [0.15, 0.2) is 0 Å². The lowest BCUT2D eigenvalue weighted by atomic mass is 10.2. The Morgan fingerprint density at radius 3 is 2.89 bits per heavy atom. The van der Waals surface area contributed by atoms with E-state index >= 15 is 0 Å². The Balaban J connectivity index is 2.06. The molecule has 2 rings (SSSR count). The average molecular weight is 323 g/mol. The predicted octanol–water partition coefficient (Wildman–Crippen LogP) is 3.06. The second-order valence-electron chi connectivity index (χ2n) is 3.66. The van der Waals surface area contributed by atoms with Crippen molar-refractivity contribution in [2.45, 2.75) is 6.61 Å². The second kappa shape index (κ2) is 5.93. The number of nitrogens with zero attached hydrogens (tertiary/aromatic N) is 1. The lowest BCUT2D eigenvalue weighted by molar-refractivity contribution is 0.306. The first-order valence-electron chi connectivity index (χ1n) is 5.28. The Hall–Kier alpha value is -1.46. The molecule has 0 atom stereocenters. The monoisotopic (exact) mass is 322 g/mol. The summed E-state index contributed by atoms with van der Waals surface area (Å²) >= 11 is 8.28. The van der Waals surface area contributed by atoms with E-state index in [0.717, 1.165) is 15.8 Å². The molecule has 0 saturated heterocycles. The summed E-state index contributed by atoms with van der Waals surface area (Å²) in [6.07, 6.45) is 1.67. The number of pyridine rings is 1. The zero-order valence-corrected chi connectivity index (χ0v) is 11.9. The summed E-state index contributed by atoms with van der Waals surface area (Å²) in [5, 5.41) is 0. The molecule has 0 unspecified atom stereocenters. The molecule has 2 N–H and O–H groups in total. The Morgan fingerprint density at radius 1 is 1.33 bits per heavy atom. The van der Waals surface area contributed by atoms with Crippen molar-refractivity contribution in [3.8, 4) is 5.75 Å². The molecule has 0 aliphatic rings. The van der Waals surface area contributed by atoms with Crippen LogP contribution in [0.1, 0.15) is 11.3 Å². The van der Waals surface area contributed by atoms with Crippen molar-refractivity contribution in [2.24, 2.45) is 5.73 Å². The molecule has 18 heavy (non-hydrogen) atoms. The van der Waals surface area contributed by atoms with Gasteiger partial charge in [-0.1, -0.05) is 34.2 Å². The van der Waals surface area contributed by atoms with Gasteiger partial charge in [0.2, 0.25) is 0 Å². The van der Waals surface area contributed by atoms with Crippen LogP contribution in [0.5, 0.6) is 5.75 Å². The van der Waals surface area contributed by atoms with Crippen molar-refractivity contribution >= 4 is 33.1 Å². The van der Waals surface area contributed by atoms with Gasteiger partial charge in [0.1, 0.15) is 17.3 Å². The molecule has 0 aliphatic carbocycles. The summed E-state index contributed by atoms with van der Waals surface area (Å²) in [7, 11) is 0. The smallest absolute Gasteiger partial charge is 0.122 e. The first-order chi connectivity index (χ1) is 8.65. The molecule has 0 spiro atoms. The number of aromatic nitrogens is 1. The van der Waals surface area contributed by atoms with Crippen LogP contribution < -0.4 is 10.5 Å². The quantitative estimate of drug-likeness (QED) is 0.879. The molecule has 0 saturated carbocycles. The van der Waals surface area contributed by atoms with E-state index in [2.05, 4.69) is 20.9 Å². The van der Waals surface area contributed by atoms with Gasteiger partial charge in [0, 0.05) is 10.7 Å². The zero-order chi connectivity index (χ0) is 13.0. The van der Waals surface area contributed by atoms with Gasteiger partial charge in [-0.3, -0.25) is 4.98 Å².